The molecule has 0 aliphatic rings. The lowest BCUT2D eigenvalue weighted by molar-refractivity contribution is 0.0533. The van der Waals surface area contributed by atoms with E-state index >= 15 is 0 Å². The van der Waals surface area contributed by atoms with E-state index in [9.17, 15) is 9.59 Å². The van der Waals surface area contributed by atoms with Crippen molar-refractivity contribution in [3.63, 3.8) is 0 Å². The first-order valence-electron chi connectivity index (χ1n) is 8.44. The lowest BCUT2D eigenvalue weighted by Crippen LogP contribution is -2.15. The second-order valence-corrected chi connectivity index (χ2v) is 6.65. The molecule has 1 aromatic heterocycles. The van der Waals surface area contributed by atoms with Gasteiger partial charge in [-0.15, -0.1) is 11.3 Å². The van der Waals surface area contributed by atoms with Crippen LogP contribution in [0, 0.1) is 0 Å². The van der Waals surface area contributed by atoms with Crippen LogP contribution in [0.2, 0.25) is 0 Å². The Balaban J connectivity index is 1.96. The zero-order valence-electron chi connectivity index (χ0n) is 15.0. The highest BCUT2D eigenvalue weighted by molar-refractivity contribution is 7.18. The predicted molar refractivity (Wildman–Crippen MR) is 107 cm³/mol. The van der Waals surface area contributed by atoms with E-state index in [1.54, 1.807) is 37.3 Å². The van der Waals surface area contributed by atoms with Gasteiger partial charge in [-0.3, -0.25) is 4.79 Å². The van der Waals surface area contributed by atoms with Crippen LogP contribution in [-0.2, 0) is 4.74 Å². The van der Waals surface area contributed by atoms with Crippen molar-refractivity contribution in [1.82, 2.24) is 0 Å². The van der Waals surface area contributed by atoms with Gasteiger partial charge in [0, 0.05) is 4.88 Å². The number of esters is 1. The third-order valence-electron chi connectivity index (χ3n) is 3.85. The minimum atomic E-state index is -0.458. The largest absolute Gasteiger partial charge is 0.496 e. The number of hydrogen-bond acceptors (Lipinski definition) is 5. The fraction of sp³-hybridized carbons (Fsp3) is 0.143. The zero-order valence-corrected chi connectivity index (χ0v) is 15.8. The van der Waals surface area contributed by atoms with Crippen molar-refractivity contribution >= 4 is 28.9 Å². The van der Waals surface area contributed by atoms with Crippen LogP contribution in [0.3, 0.4) is 0 Å². The number of benzene rings is 2. The Kier molecular flexibility index (Phi) is 5.88. The average molecular weight is 381 g/mol. The zero-order chi connectivity index (χ0) is 19.2. The lowest BCUT2D eigenvalue weighted by atomic mass is 10.1. The highest BCUT2D eigenvalue weighted by Crippen LogP contribution is 2.36. The monoisotopic (exact) mass is 381 g/mol. The molecule has 0 radical (unpaired) electrons. The first-order valence-corrected chi connectivity index (χ1v) is 9.26. The second-order valence-electron chi connectivity index (χ2n) is 5.59. The third-order valence-corrected chi connectivity index (χ3v) is 5.02. The van der Waals surface area contributed by atoms with Crippen LogP contribution >= 0.6 is 11.3 Å². The van der Waals surface area contributed by atoms with Crippen molar-refractivity contribution in [2.45, 2.75) is 6.92 Å². The molecule has 0 spiro atoms. The quantitative estimate of drug-likeness (QED) is 0.620. The molecule has 0 unspecified atom stereocenters. The van der Waals surface area contributed by atoms with Gasteiger partial charge in [0.15, 0.2) is 0 Å². The highest BCUT2D eigenvalue weighted by Gasteiger charge is 2.21. The number of nitrogens with one attached hydrogen (secondary N) is 1. The van der Waals surface area contributed by atoms with Crippen molar-refractivity contribution in [1.29, 1.82) is 0 Å². The van der Waals surface area contributed by atoms with Gasteiger partial charge in [-0.2, -0.15) is 0 Å². The first-order chi connectivity index (χ1) is 13.1. The number of thiophene rings is 1. The molecule has 3 aromatic rings. The average Bonchev–Trinajstić information content (AvgIpc) is 3.12. The van der Waals surface area contributed by atoms with Gasteiger partial charge in [-0.25, -0.2) is 4.79 Å². The Morgan fingerprint density at radius 1 is 1.04 bits per heavy atom. The topological polar surface area (TPSA) is 64.6 Å². The maximum absolute atomic E-state index is 12.7. The molecular formula is C21H19NO4S. The molecule has 1 N–H and O–H groups in total. The van der Waals surface area contributed by atoms with Crippen LogP contribution in [0.5, 0.6) is 5.75 Å². The molecule has 0 saturated carbocycles. The minimum Gasteiger partial charge on any atom is -0.496 e. The molecule has 0 saturated heterocycles. The molecule has 0 bridgehead atoms. The molecule has 138 valence electrons. The Bertz CT molecular complexity index is 950. The summed E-state index contributed by atoms with van der Waals surface area (Å²) in [5.74, 6) is -0.346. The number of carbonyl (C=O) groups excluding carboxylic acids is 2. The van der Waals surface area contributed by atoms with E-state index in [-0.39, 0.29) is 12.5 Å². The van der Waals surface area contributed by atoms with Gasteiger partial charge in [-0.05, 0) is 30.7 Å². The van der Waals surface area contributed by atoms with Gasteiger partial charge in [0.2, 0.25) is 0 Å². The van der Waals surface area contributed by atoms with Crippen LogP contribution in [0.25, 0.3) is 10.4 Å². The molecule has 0 atom stereocenters. The molecule has 6 heteroatoms. The van der Waals surface area contributed by atoms with Gasteiger partial charge in [-0.1, -0.05) is 42.5 Å². The van der Waals surface area contributed by atoms with Crippen molar-refractivity contribution < 1.29 is 19.1 Å². The smallest absolute Gasteiger partial charge is 0.350 e. The molecular weight excluding hydrogens is 362 g/mol. The number of methoxy groups -OCH3 is 1. The minimum absolute atomic E-state index is 0.261. The number of hydrogen-bond donors (Lipinski definition) is 1. The number of para-hydroxylation sites is 1. The Morgan fingerprint density at radius 2 is 1.74 bits per heavy atom. The van der Waals surface area contributed by atoms with Crippen molar-refractivity contribution in [3.05, 3.63) is 71.1 Å². The van der Waals surface area contributed by atoms with Crippen molar-refractivity contribution in [2.24, 2.45) is 0 Å². The Labute approximate surface area is 161 Å². The van der Waals surface area contributed by atoms with E-state index in [1.165, 1.54) is 18.4 Å². The molecule has 1 amide bonds. The summed E-state index contributed by atoms with van der Waals surface area (Å²) in [6.07, 6.45) is 0. The standard InChI is InChI=1S/C21H19NO4S/c1-3-26-21(24)19-16(13-18(27-19)14-9-5-4-6-10-14)22-20(23)15-11-7-8-12-17(15)25-2/h4-13H,3H2,1-2H3,(H,22,23). The summed E-state index contributed by atoms with van der Waals surface area (Å²) >= 11 is 1.29. The third kappa shape index (κ3) is 4.17. The highest BCUT2D eigenvalue weighted by atomic mass is 32.1. The molecule has 0 aliphatic heterocycles. The Morgan fingerprint density at radius 3 is 2.44 bits per heavy atom. The summed E-state index contributed by atoms with van der Waals surface area (Å²) in [7, 11) is 1.51. The van der Waals surface area contributed by atoms with E-state index in [0.717, 1.165) is 10.4 Å². The number of amides is 1. The SMILES string of the molecule is CCOC(=O)c1sc(-c2ccccc2)cc1NC(=O)c1ccccc1OC. The van der Waals surface area contributed by atoms with E-state index < -0.39 is 5.97 Å². The number of rotatable bonds is 6. The van der Waals surface area contributed by atoms with Crippen molar-refractivity contribution in [3.8, 4) is 16.2 Å². The summed E-state index contributed by atoms with van der Waals surface area (Å²) in [4.78, 5) is 26.3. The normalized spacial score (nSPS) is 10.3. The van der Waals surface area contributed by atoms with Gasteiger partial charge in [0.1, 0.15) is 10.6 Å². The summed E-state index contributed by atoms with van der Waals surface area (Å²) in [6, 6.07) is 18.4. The molecule has 27 heavy (non-hydrogen) atoms. The molecule has 5 nitrogen and oxygen atoms in total. The predicted octanol–water partition coefficient (Wildman–Crippen LogP) is 4.85. The van der Waals surface area contributed by atoms with E-state index in [4.69, 9.17) is 9.47 Å². The van der Waals surface area contributed by atoms with E-state index in [1.807, 2.05) is 30.3 Å². The van der Waals surface area contributed by atoms with Gasteiger partial charge >= 0.3 is 5.97 Å². The molecule has 0 aliphatic carbocycles. The van der Waals surface area contributed by atoms with Crippen molar-refractivity contribution in [2.75, 3.05) is 19.0 Å². The maximum atomic E-state index is 12.7. The fourth-order valence-electron chi connectivity index (χ4n) is 2.60. The molecule has 1 heterocycles. The number of anilines is 1. The van der Waals surface area contributed by atoms with Crippen LogP contribution in [0.1, 0.15) is 27.0 Å². The summed E-state index contributed by atoms with van der Waals surface area (Å²) < 4.78 is 10.4. The lowest BCUT2D eigenvalue weighted by Gasteiger charge is -2.09. The van der Waals surface area contributed by atoms with E-state index in [2.05, 4.69) is 5.32 Å². The summed E-state index contributed by atoms with van der Waals surface area (Å²) in [6.45, 7) is 2.01. The number of ether oxygens (including phenoxy) is 2. The van der Waals surface area contributed by atoms with Gasteiger partial charge in [0.25, 0.3) is 5.91 Å². The first kappa shape index (κ1) is 18.7. The molecule has 0 fully saturated rings. The summed E-state index contributed by atoms with van der Waals surface area (Å²) in [5.41, 5.74) is 1.78. The van der Waals surface area contributed by atoms with Gasteiger partial charge < -0.3 is 14.8 Å². The van der Waals surface area contributed by atoms with Gasteiger partial charge in [0.05, 0.1) is 25.0 Å². The fourth-order valence-corrected chi connectivity index (χ4v) is 3.61. The van der Waals surface area contributed by atoms with Crippen LogP contribution < -0.4 is 10.1 Å². The van der Waals surface area contributed by atoms with Crippen LogP contribution in [-0.4, -0.2) is 25.6 Å². The van der Waals surface area contributed by atoms with Crippen LogP contribution in [0.15, 0.2) is 60.7 Å². The van der Waals surface area contributed by atoms with E-state index in [0.29, 0.717) is 21.9 Å². The maximum Gasteiger partial charge on any atom is 0.350 e. The van der Waals surface area contributed by atoms with Crippen LogP contribution in [0.4, 0.5) is 5.69 Å². The Hall–Kier alpha value is -3.12. The molecule has 3 rings (SSSR count). The number of carbonyl (C=O) groups is 2. The summed E-state index contributed by atoms with van der Waals surface area (Å²) in [5, 5.41) is 2.82. The second kappa shape index (κ2) is 8.51. The molecule has 2 aromatic carbocycles.